The molecule has 2 nitrogen and oxygen atoms in total. The minimum absolute atomic E-state index is 0.0421. The Morgan fingerprint density at radius 2 is 2.12 bits per heavy atom. The summed E-state index contributed by atoms with van der Waals surface area (Å²) < 4.78 is 0. The van der Waals surface area contributed by atoms with Crippen molar-refractivity contribution in [2.45, 2.75) is 18.2 Å². The van der Waals surface area contributed by atoms with Gasteiger partial charge in [0.1, 0.15) is 5.01 Å². The molecule has 90 valence electrons. The molecule has 0 aliphatic carbocycles. The summed E-state index contributed by atoms with van der Waals surface area (Å²) in [6.45, 7) is 0. The van der Waals surface area contributed by atoms with Crippen LogP contribution in [-0.2, 0) is 12.2 Å². The van der Waals surface area contributed by atoms with Crippen molar-refractivity contribution < 1.29 is 0 Å². The third-order valence-corrected chi connectivity index (χ3v) is 4.17. The number of aromatic nitrogens is 1. The minimum Gasteiger partial charge on any atom is -0.324 e. The van der Waals surface area contributed by atoms with Gasteiger partial charge in [-0.3, -0.25) is 0 Å². The standard InChI is InChI=1S/C13H16N2S2/c1-16-9-13-15-11(8-17-13)7-12(14)10-5-3-2-4-6-10/h2-6,8,12H,7,9,14H2,1H3. The van der Waals surface area contributed by atoms with Gasteiger partial charge in [0.05, 0.1) is 5.69 Å². The highest BCUT2D eigenvalue weighted by atomic mass is 32.2. The molecule has 0 spiro atoms. The van der Waals surface area contributed by atoms with Gasteiger partial charge in [-0.15, -0.1) is 11.3 Å². The zero-order valence-electron chi connectivity index (χ0n) is 9.80. The SMILES string of the molecule is CSCc1nc(CC(N)c2ccccc2)cs1. The van der Waals surface area contributed by atoms with E-state index in [-0.39, 0.29) is 6.04 Å². The third-order valence-electron chi connectivity index (χ3n) is 2.52. The highest BCUT2D eigenvalue weighted by Gasteiger charge is 2.09. The van der Waals surface area contributed by atoms with Crippen molar-refractivity contribution in [1.29, 1.82) is 0 Å². The lowest BCUT2D eigenvalue weighted by Gasteiger charge is -2.09. The second kappa shape index (κ2) is 6.19. The van der Waals surface area contributed by atoms with Gasteiger partial charge in [-0.1, -0.05) is 30.3 Å². The molecule has 4 heteroatoms. The maximum atomic E-state index is 6.17. The van der Waals surface area contributed by atoms with E-state index in [1.807, 2.05) is 18.2 Å². The molecule has 1 unspecified atom stereocenters. The molecule has 0 bridgehead atoms. The van der Waals surface area contributed by atoms with Gasteiger partial charge in [-0.05, 0) is 11.8 Å². The smallest absolute Gasteiger partial charge is 0.103 e. The van der Waals surface area contributed by atoms with Crippen LogP contribution >= 0.6 is 23.1 Å². The molecule has 1 aromatic carbocycles. The first-order valence-corrected chi connectivity index (χ1v) is 7.79. The molecule has 0 saturated heterocycles. The van der Waals surface area contributed by atoms with E-state index in [4.69, 9.17) is 5.73 Å². The average Bonchev–Trinajstić information content (AvgIpc) is 2.78. The predicted molar refractivity (Wildman–Crippen MR) is 76.4 cm³/mol. The Balaban J connectivity index is 2.00. The molecule has 1 aromatic heterocycles. The second-order valence-electron chi connectivity index (χ2n) is 3.89. The Hall–Kier alpha value is -0.840. The first-order chi connectivity index (χ1) is 8.29. The van der Waals surface area contributed by atoms with Crippen LogP contribution in [0.15, 0.2) is 35.7 Å². The van der Waals surface area contributed by atoms with Gasteiger partial charge in [0.2, 0.25) is 0 Å². The van der Waals surface area contributed by atoms with E-state index >= 15 is 0 Å². The lowest BCUT2D eigenvalue weighted by molar-refractivity contribution is 0.709. The number of nitrogens with zero attached hydrogens (tertiary/aromatic N) is 1. The molecule has 2 aromatic rings. The summed E-state index contributed by atoms with van der Waals surface area (Å²) in [6.07, 6.45) is 2.91. The van der Waals surface area contributed by atoms with Crippen LogP contribution in [0.2, 0.25) is 0 Å². The van der Waals surface area contributed by atoms with Crippen molar-refractivity contribution in [2.75, 3.05) is 6.26 Å². The van der Waals surface area contributed by atoms with Crippen molar-refractivity contribution >= 4 is 23.1 Å². The van der Waals surface area contributed by atoms with Crippen LogP contribution in [0.3, 0.4) is 0 Å². The van der Waals surface area contributed by atoms with Crippen LogP contribution in [0.5, 0.6) is 0 Å². The van der Waals surface area contributed by atoms with Crippen molar-refractivity contribution in [3.8, 4) is 0 Å². The summed E-state index contributed by atoms with van der Waals surface area (Å²) in [6, 6.07) is 10.2. The summed E-state index contributed by atoms with van der Waals surface area (Å²) in [5.74, 6) is 0.991. The molecular formula is C13H16N2S2. The monoisotopic (exact) mass is 264 g/mol. The first kappa shape index (κ1) is 12.6. The fourth-order valence-electron chi connectivity index (χ4n) is 1.68. The maximum absolute atomic E-state index is 6.17. The van der Waals surface area contributed by atoms with Crippen molar-refractivity contribution in [2.24, 2.45) is 5.73 Å². The van der Waals surface area contributed by atoms with Crippen LogP contribution in [0.25, 0.3) is 0 Å². The van der Waals surface area contributed by atoms with E-state index in [1.165, 1.54) is 10.6 Å². The van der Waals surface area contributed by atoms with Gasteiger partial charge in [-0.25, -0.2) is 4.98 Å². The van der Waals surface area contributed by atoms with Gasteiger partial charge in [0.25, 0.3) is 0 Å². The molecule has 2 N–H and O–H groups in total. The lowest BCUT2D eigenvalue weighted by atomic mass is 10.0. The topological polar surface area (TPSA) is 38.9 Å². The average molecular weight is 264 g/mol. The van der Waals surface area contributed by atoms with E-state index < -0.39 is 0 Å². The molecule has 17 heavy (non-hydrogen) atoms. The van der Waals surface area contributed by atoms with Gasteiger partial charge in [0.15, 0.2) is 0 Å². The Bertz CT molecular complexity index is 453. The van der Waals surface area contributed by atoms with E-state index in [9.17, 15) is 0 Å². The summed E-state index contributed by atoms with van der Waals surface area (Å²) in [5.41, 5.74) is 8.45. The summed E-state index contributed by atoms with van der Waals surface area (Å²) in [7, 11) is 0. The summed E-state index contributed by atoms with van der Waals surface area (Å²) in [5, 5.41) is 3.31. The van der Waals surface area contributed by atoms with Crippen LogP contribution in [0.4, 0.5) is 0 Å². The number of hydrogen-bond donors (Lipinski definition) is 1. The molecule has 0 saturated carbocycles. The number of thioether (sulfide) groups is 1. The molecular weight excluding hydrogens is 248 g/mol. The fourth-order valence-corrected chi connectivity index (χ4v) is 3.20. The van der Waals surface area contributed by atoms with Gasteiger partial charge >= 0.3 is 0 Å². The highest BCUT2D eigenvalue weighted by Crippen LogP contribution is 2.19. The molecule has 2 rings (SSSR count). The van der Waals surface area contributed by atoms with Gasteiger partial charge in [-0.2, -0.15) is 11.8 Å². The number of rotatable bonds is 5. The largest absolute Gasteiger partial charge is 0.324 e. The van der Waals surface area contributed by atoms with Gasteiger partial charge in [0, 0.05) is 23.6 Å². The number of nitrogens with two attached hydrogens (primary N) is 1. The quantitative estimate of drug-likeness (QED) is 0.901. The van der Waals surface area contributed by atoms with Gasteiger partial charge < -0.3 is 5.73 Å². The molecule has 0 radical (unpaired) electrons. The van der Waals surface area contributed by atoms with Crippen LogP contribution < -0.4 is 5.73 Å². The second-order valence-corrected chi connectivity index (χ2v) is 5.70. The Morgan fingerprint density at radius 1 is 1.35 bits per heavy atom. The van der Waals surface area contributed by atoms with E-state index in [0.29, 0.717) is 0 Å². The van der Waals surface area contributed by atoms with Crippen molar-refractivity contribution in [3.63, 3.8) is 0 Å². The fraction of sp³-hybridized carbons (Fsp3) is 0.308. The Morgan fingerprint density at radius 3 is 2.82 bits per heavy atom. The Kier molecular flexibility index (Phi) is 4.59. The molecule has 1 atom stereocenters. The number of thiazole rings is 1. The maximum Gasteiger partial charge on any atom is 0.103 e. The first-order valence-electron chi connectivity index (χ1n) is 5.52. The number of benzene rings is 1. The minimum atomic E-state index is 0.0421. The molecule has 0 fully saturated rings. The Labute approximate surface area is 110 Å². The normalized spacial score (nSPS) is 12.6. The summed E-state index contributed by atoms with van der Waals surface area (Å²) >= 11 is 3.52. The lowest BCUT2D eigenvalue weighted by Crippen LogP contribution is -2.13. The molecule has 1 heterocycles. The highest BCUT2D eigenvalue weighted by molar-refractivity contribution is 7.97. The zero-order valence-corrected chi connectivity index (χ0v) is 11.4. The van der Waals surface area contributed by atoms with Crippen LogP contribution in [0.1, 0.15) is 22.3 Å². The van der Waals surface area contributed by atoms with E-state index in [2.05, 4.69) is 28.8 Å². The zero-order chi connectivity index (χ0) is 12.1. The molecule has 0 aliphatic rings. The van der Waals surface area contributed by atoms with Crippen LogP contribution in [-0.4, -0.2) is 11.2 Å². The van der Waals surface area contributed by atoms with Crippen molar-refractivity contribution in [3.05, 3.63) is 52.0 Å². The summed E-state index contributed by atoms with van der Waals surface area (Å²) in [4.78, 5) is 4.58. The predicted octanol–water partition coefficient (Wildman–Crippen LogP) is 3.25. The molecule has 0 aliphatic heterocycles. The van der Waals surface area contributed by atoms with Crippen LogP contribution in [0, 0.1) is 0 Å². The van der Waals surface area contributed by atoms with E-state index in [1.54, 1.807) is 23.1 Å². The van der Waals surface area contributed by atoms with Crippen molar-refractivity contribution in [1.82, 2.24) is 4.98 Å². The third kappa shape index (κ3) is 3.56. The molecule has 0 amide bonds. The number of hydrogen-bond acceptors (Lipinski definition) is 4. The van der Waals surface area contributed by atoms with E-state index in [0.717, 1.165) is 17.9 Å².